The van der Waals surface area contributed by atoms with Gasteiger partial charge in [0.25, 0.3) is 5.91 Å². The normalized spacial score (nSPS) is 18.4. The highest BCUT2D eigenvalue weighted by Gasteiger charge is 2.58. The van der Waals surface area contributed by atoms with Crippen molar-refractivity contribution in [2.45, 2.75) is 108 Å². The van der Waals surface area contributed by atoms with E-state index >= 15 is 8.78 Å². The zero-order chi connectivity index (χ0) is 58.6. The second-order valence-corrected chi connectivity index (χ2v) is 20.6. The van der Waals surface area contributed by atoms with E-state index in [1.807, 2.05) is 28.2 Å². The van der Waals surface area contributed by atoms with Gasteiger partial charge in [-0.3, -0.25) is 19.9 Å². The van der Waals surface area contributed by atoms with Gasteiger partial charge in [-0.25, -0.2) is 33.0 Å². The van der Waals surface area contributed by atoms with Crippen LogP contribution in [0.2, 0.25) is 0 Å². The number of halogens is 10. The number of carbonyl (C=O) groups is 4. The number of aliphatic hydroxyl groups is 1. The third-order valence-corrected chi connectivity index (χ3v) is 14.4. The molecular weight excluding hydrogens is 1080 g/mol. The van der Waals surface area contributed by atoms with E-state index < -0.39 is 115 Å². The van der Waals surface area contributed by atoms with Crippen LogP contribution in [0.3, 0.4) is 0 Å². The molecule has 434 valence electrons. The zero-order valence-electron chi connectivity index (χ0n) is 43.9. The van der Waals surface area contributed by atoms with Gasteiger partial charge in [0.15, 0.2) is 6.10 Å². The number of alkyl carbamates (subject to hydrolysis) is 2. The molecule has 4 amide bonds. The van der Waals surface area contributed by atoms with Crippen LogP contribution in [0.1, 0.15) is 62.9 Å². The van der Waals surface area contributed by atoms with E-state index in [1.165, 1.54) is 12.1 Å². The number of aromatic nitrogens is 3. The summed E-state index contributed by atoms with van der Waals surface area (Å²) in [7, 11) is 1.79. The molecule has 6 heterocycles. The van der Waals surface area contributed by atoms with Crippen LogP contribution < -0.4 is 26.3 Å². The van der Waals surface area contributed by atoms with Crippen LogP contribution in [-0.4, -0.2) is 156 Å². The minimum absolute atomic E-state index is 0.176. The average molecular weight is 1140 g/mol. The number of hydrazine groups is 1. The Hall–Kier alpha value is -7.22. The van der Waals surface area contributed by atoms with Crippen molar-refractivity contribution < 1.29 is 82.4 Å². The maximum atomic E-state index is 16.0. The predicted octanol–water partition coefficient (Wildman–Crippen LogP) is 6.23. The molecule has 28 heteroatoms. The summed E-state index contributed by atoms with van der Waals surface area (Å²) in [5.74, 6) is 0.723. The largest absolute Gasteiger partial charge is 0.453 e. The summed E-state index contributed by atoms with van der Waals surface area (Å²) in [6.07, 6.45) is -14.4. The average Bonchev–Trinajstić information content (AvgIpc) is 3.99. The summed E-state index contributed by atoms with van der Waals surface area (Å²) < 4.78 is 161. The molecule has 8 rings (SSSR count). The fraction of sp³-hybridized carbons (Fsp3) is 0.500. The van der Waals surface area contributed by atoms with Crippen LogP contribution >= 0.6 is 0 Å². The number of piperidine rings is 1. The maximum absolute atomic E-state index is 16.0. The number of piperazine rings is 1. The molecule has 80 heavy (non-hydrogen) atoms. The van der Waals surface area contributed by atoms with E-state index in [9.17, 15) is 59.4 Å². The van der Waals surface area contributed by atoms with Crippen LogP contribution in [0, 0.1) is 34.3 Å². The lowest BCUT2D eigenvalue weighted by Gasteiger charge is -2.59. The van der Waals surface area contributed by atoms with Gasteiger partial charge >= 0.3 is 31.1 Å². The van der Waals surface area contributed by atoms with E-state index in [2.05, 4.69) is 41.8 Å². The SMILES string of the molecule is CNC(=O)O[C@H](C(=O)NN(Cc1c(F)cc(-c2cnn(C(F)F)c2)cc1F)C[C@H](O)[C@H](Cc1ccc(C#Cc2ccc(N3[C@H]4C[C@H]3CN(C3COC3)C4)nc2)cc1)NC(=O)[C@@H](NC(=O)OC)C(C)(C)C(F)(F)F)C(C)(C)C(F)(F)F. The van der Waals surface area contributed by atoms with Crippen molar-refractivity contribution in [3.8, 4) is 23.0 Å². The Morgan fingerprint density at radius 3 is 1.96 bits per heavy atom. The Bertz CT molecular complexity index is 2890. The van der Waals surface area contributed by atoms with Gasteiger partial charge < -0.3 is 40.2 Å². The summed E-state index contributed by atoms with van der Waals surface area (Å²) in [4.78, 5) is 62.2. The Morgan fingerprint density at radius 1 is 0.825 bits per heavy atom. The van der Waals surface area contributed by atoms with Crippen molar-refractivity contribution in [3.63, 3.8) is 0 Å². The summed E-state index contributed by atoms with van der Waals surface area (Å²) in [5, 5.41) is 22.0. The first-order valence-electron chi connectivity index (χ1n) is 24.9. The highest BCUT2D eigenvalue weighted by molar-refractivity contribution is 5.87. The van der Waals surface area contributed by atoms with Gasteiger partial charge in [0, 0.05) is 80.0 Å². The van der Waals surface area contributed by atoms with Crippen LogP contribution in [0.25, 0.3) is 11.1 Å². The third kappa shape index (κ3) is 13.7. The molecule has 0 saturated carbocycles. The summed E-state index contributed by atoms with van der Waals surface area (Å²) >= 11 is 0. The number of benzene rings is 2. The lowest BCUT2D eigenvalue weighted by molar-refractivity contribution is -0.239. The third-order valence-electron chi connectivity index (χ3n) is 14.4. The number of alkyl halides is 8. The molecule has 2 bridgehead atoms. The van der Waals surface area contributed by atoms with Gasteiger partial charge in [-0.1, -0.05) is 24.0 Å². The first-order valence-corrected chi connectivity index (χ1v) is 24.9. The van der Waals surface area contributed by atoms with E-state index in [0.717, 1.165) is 65.1 Å². The van der Waals surface area contributed by atoms with Gasteiger partial charge in [-0.2, -0.15) is 40.2 Å². The van der Waals surface area contributed by atoms with Gasteiger partial charge in [-0.05, 0) is 88.1 Å². The minimum Gasteiger partial charge on any atom is -0.453 e. The van der Waals surface area contributed by atoms with Crippen molar-refractivity contribution in [2.75, 3.05) is 51.9 Å². The number of aliphatic hydroxyl groups excluding tert-OH is 1. The second-order valence-electron chi connectivity index (χ2n) is 20.6. The summed E-state index contributed by atoms with van der Waals surface area (Å²) in [6.45, 7) is 0.102. The Kier molecular flexibility index (Phi) is 18.3. The van der Waals surface area contributed by atoms with Gasteiger partial charge in [-0.15, -0.1) is 0 Å². The molecule has 2 aromatic carbocycles. The number of hydrogen-bond donors (Lipinski definition) is 5. The van der Waals surface area contributed by atoms with E-state index in [0.29, 0.717) is 74.1 Å². The molecule has 4 aliphatic heterocycles. The lowest BCUT2D eigenvalue weighted by atomic mass is 9.82. The first-order chi connectivity index (χ1) is 37.5. The van der Waals surface area contributed by atoms with Crippen molar-refractivity contribution in [3.05, 3.63) is 101 Å². The number of anilines is 1. The Morgan fingerprint density at radius 2 is 1.44 bits per heavy atom. The molecule has 6 atom stereocenters. The lowest BCUT2D eigenvalue weighted by Crippen LogP contribution is -2.72. The van der Waals surface area contributed by atoms with Crippen molar-refractivity contribution in [1.29, 1.82) is 0 Å². The van der Waals surface area contributed by atoms with Crippen LogP contribution in [0.15, 0.2) is 67.1 Å². The number of nitrogens with one attached hydrogen (secondary N) is 4. The topological polar surface area (TPSA) is 205 Å². The van der Waals surface area contributed by atoms with Gasteiger partial charge in [0.1, 0.15) is 28.9 Å². The van der Waals surface area contributed by atoms with Crippen LogP contribution in [-0.2, 0) is 36.8 Å². The number of carbonyl (C=O) groups excluding carboxylic acids is 4. The number of fused-ring (bicyclic) bond motifs is 2. The molecule has 4 saturated heterocycles. The fourth-order valence-electron chi connectivity index (χ4n) is 9.21. The number of nitrogens with zero attached hydrogens (tertiary/aromatic N) is 6. The van der Waals surface area contributed by atoms with Crippen molar-refractivity contribution >= 4 is 29.8 Å². The quantitative estimate of drug-likeness (QED) is 0.0402. The summed E-state index contributed by atoms with van der Waals surface area (Å²) in [5.41, 5.74) is -4.34. The maximum Gasteiger partial charge on any atom is 0.407 e. The number of amides is 4. The molecule has 4 aromatic rings. The smallest absolute Gasteiger partial charge is 0.407 e. The number of hydrogen-bond acceptors (Lipinski definition) is 13. The van der Waals surface area contributed by atoms with E-state index in [-0.39, 0.29) is 21.4 Å². The first kappa shape index (κ1) is 60.4. The van der Waals surface area contributed by atoms with Crippen LogP contribution in [0.4, 0.5) is 59.3 Å². The molecule has 4 aliphatic rings. The minimum atomic E-state index is -5.26. The highest BCUT2D eigenvalue weighted by Crippen LogP contribution is 2.43. The standard InChI is InChI=1S/C52H58F10N10O8/c1-49(2,51(57,58)59)42(67-48(77)78-6)44(74)66-39(15-29-10-7-28(8-11-29)9-12-30-13-14-41(64-19-30)72-33-18-34(72)23-69(22-33)35-26-79-27-35)40(73)25-70(68-45(75)43(80-47(76)63-5)50(3,4)52(60,61)62)24-36-37(53)16-31(17-38(36)54)32-20-65-71(21-32)46(55)56/h7-8,10-11,13-14,16-17,19-21,33-35,39-40,42-43,46,73H,15,18,22-27H2,1-6H3,(H,63,76)(H,66,74)(H,67,77)(H,68,75)/t33-,34-,39-,40-,42+,43+/m0/s1. The van der Waals surface area contributed by atoms with E-state index in [1.54, 1.807) is 18.3 Å². The molecule has 0 unspecified atom stereocenters. The number of rotatable bonds is 19. The molecular formula is C52H58F10N10O8. The number of ether oxygens (including phenoxy) is 3. The molecule has 4 fully saturated rings. The van der Waals surface area contributed by atoms with Gasteiger partial charge in [0.05, 0.1) is 50.1 Å². The molecule has 5 N–H and O–H groups in total. The predicted molar refractivity (Wildman–Crippen MR) is 265 cm³/mol. The van der Waals surface area contributed by atoms with E-state index in [4.69, 9.17) is 9.47 Å². The van der Waals surface area contributed by atoms with Crippen LogP contribution in [0.5, 0.6) is 0 Å². The Balaban J connectivity index is 1.18. The highest BCUT2D eigenvalue weighted by atomic mass is 19.4. The Labute approximate surface area is 452 Å². The molecule has 18 nitrogen and oxygen atoms in total. The fourth-order valence-corrected chi connectivity index (χ4v) is 9.21. The number of pyridine rings is 1. The summed E-state index contributed by atoms with van der Waals surface area (Å²) in [6, 6.07) is 8.03. The monoisotopic (exact) mass is 1140 g/mol. The van der Waals surface area contributed by atoms with Crippen molar-refractivity contribution in [1.82, 2.24) is 46.0 Å². The van der Waals surface area contributed by atoms with Gasteiger partial charge in [0.2, 0.25) is 5.91 Å². The number of methoxy groups -OCH3 is 1. The molecule has 0 radical (unpaired) electrons. The van der Waals surface area contributed by atoms with Crippen molar-refractivity contribution in [2.24, 2.45) is 10.8 Å². The second kappa shape index (κ2) is 24.2. The molecule has 0 spiro atoms. The molecule has 0 aliphatic carbocycles. The zero-order valence-corrected chi connectivity index (χ0v) is 43.9. The molecule has 2 aromatic heterocycles.